The van der Waals surface area contributed by atoms with Crippen LogP contribution in [-0.2, 0) is 18.6 Å². The van der Waals surface area contributed by atoms with Gasteiger partial charge in [-0.15, -0.1) is 11.8 Å². The van der Waals surface area contributed by atoms with E-state index >= 15 is 0 Å². The minimum Gasteiger partial charge on any atom is -0.478 e. The first-order chi connectivity index (χ1) is 10.1. The maximum Gasteiger partial charge on any atom is 0.335 e. The minimum atomic E-state index is -1.03. The van der Waals surface area contributed by atoms with Gasteiger partial charge in [-0.25, -0.2) is 9.18 Å². The lowest BCUT2D eigenvalue weighted by Crippen LogP contribution is -1.97. The number of halogens is 1. The van der Waals surface area contributed by atoms with E-state index in [1.807, 2.05) is 0 Å². The molecule has 0 spiro atoms. The summed E-state index contributed by atoms with van der Waals surface area (Å²) in [4.78, 5) is 11.3. The van der Waals surface area contributed by atoms with Crippen molar-refractivity contribution in [1.29, 1.82) is 0 Å². The van der Waals surface area contributed by atoms with E-state index in [0.29, 0.717) is 10.6 Å². The number of fused-ring (bicyclic) bond motifs is 1. The number of thioether (sulfide) groups is 1. The first-order valence-corrected chi connectivity index (χ1v) is 7.88. The van der Waals surface area contributed by atoms with Crippen molar-refractivity contribution in [3.63, 3.8) is 0 Å². The standard InChI is InChI=1S/C17H15FO2S/c18-15-7-6-14(17(19)20)9-16(15)21-10-11-4-5-12-2-1-3-13(12)8-11/h4-9H,1-3,10H2,(H,19,20). The summed E-state index contributed by atoms with van der Waals surface area (Å²) in [6, 6.07) is 10.3. The fourth-order valence-corrected chi connectivity index (χ4v) is 3.54. The monoisotopic (exact) mass is 302 g/mol. The van der Waals surface area contributed by atoms with Crippen LogP contribution in [0, 0.1) is 5.82 Å². The summed E-state index contributed by atoms with van der Waals surface area (Å²) in [5.41, 5.74) is 4.09. The molecule has 1 N–H and O–H groups in total. The van der Waals surface area contributed by atoms with Crippen molar-refractivity contribution in [1.82, 2.24) is 0 Å². The predicted molar refractivity (Wildman–Crippen MR) is 81.4 cm³/mol. The maximum atomic E-state index is 13.7. The summed E-state index contributed by atoms with van der Waals surface area (Å²) in [5.74, 6) is -0.756. The molecule has 1 aliphatic rings. The lowest BCUT2D eigenvalue weighted by Gasteiger charge is -2.07. The molecular formula is C17H15FO2S. The fourth-order valence-electron chi connectivity index (χ4n) is 2.62. The van der Waals surface area contributed by atoms with Gasteiger partial charge in [0.25, 0.3) is 0 Å². The molecule has 108 valence electrons. The van der Waals surface area contributed by atoms with E-state index in [2.05, 4.69) is 18.2 Å². The zero-order chi connectivity index (χ0) is 14.8. The number of hydrogen-bond acceptors (Lipinski definition) is 2. The minimum absolute atomic E-state index is 0.118. The van der Waals surface area contributed by atoms with E-state index in [-0.39, 0.29) is 11.4 Å². The van der Waals surface area contributed by atoms with Crippen LogP contribution in [-0.4, -0.2) is 11.1 Å². The normalized spacial score (nSPS) is 13.2. The van der Waals surface area contributed by atoms with Gasteiger partial charge in [-0.2, -0.15) is 0 Å². The average Bonchev–Trinajstić information content (AvgIpc) is 2.93. The van der Waals surface area contributed by atoms with Gasteiger partial charge in [-0.05, 0) is 54.2 Å². The Labute approximate surface area is 127 Å². The lowest BCUT2D eigenvalue weighted by molar-refractivity contribution is 0.0696. The zero-order valence-electron chi connectivity index (χ0n) is 11.4. The first kappa shape index (κ1) is 14.1. The van der Waals surface area contributed by atoms with Crippen molar-refractivity contribution in [2.45, 2.75) is 29.9 Å². The van der Waals surface area contributed by atoms with Crippen LogP contribution in [0.3, 0.4) is 0 Å². The van der Waals surface area contributed by atoms with Crippen LogP contribution in [0.2, 0.25) is 0 Å². The fraction of sp³-hybridized carbons (Fsp3) is 0.235. The van der Waals surface area contributed by atoms with Crippen LogP contribution in [0.5, 0.6) is 0 Å². The number of aryl methyl sites for hydroxylation is 2. The van der Waals surface area contributed by atoms with Gasteiger partial charge >= 0.3 is 5.97 Å². The Kier molecular flexibility index (Phi) is 3.97. The van der Waals surface area contributed by atoms with Gasteiger partial charge in [0.15, 0.2) is 0 Å². The first-order valence-electron chi connectivity index (χ1n) is 6.90. The molecule has 0 bridgehead atoms. The van der Waals surface area contributed by atoms with Crippen LogP contribution >= 0.6 is 11.8 Å². The molecule has 3 rings (SSSR count). The predicted octanol–water partition coefficient (Wildman–Crippen LogP) is 4.30. The molecule has 0 unspecified atom stereocenters. The van der Waals surface area contributed by atoms with E-state index in [9.17, 15) is 9.18 Å². The molecule has 0 saturated heterocycles. The number of benzene rings is 2. The highest BCUT2D eigenvalue weighted by Crippen LogP contribution is 2.29. The molecule has 0 atom stereocenters. The van der Waals surface area contributed by atoms with E-state index in [1.165, 1.54) is 47.5 Å². The van der Waals surface area contributed by atoms with Gasteiger partial charge < -0.3 is 5.11 Å². The molecule has 0 amide bonds. The molecule has 0 heterocycles. The Bertz CT molecular complexity index is 697. The molecule has 0 radical (unpaired) electrons. The Morgan fingerprint density at radius 2 is 1.95 bits per heavy atom. The summed E-state index contributed by atoms with van der Waals surface area (Å²) < 4.78 is 13.7. The van der Waals surface area contributed by atoms with Gasteiger partial charge in [0.05, 0.1) is 5.56 Å². The second-order valence-corrected chi connectivity index (χ2v) is 6.21. The maximum absolute atomic E-state index is 13.7. The van der Waals surface area contributed by atoms with Gasteiger partial charge in [0.1, 0.15) is 5.82 Å². The molecule has 21 heavy (non-hydrogen) atoms. The van der Waals surface area contributed by atoms with E-state index in [4.69, 9.17) is 5.11 Å². The van der Waals surface area contributed by atoms with Crippen molar-refractivity contribution < 1.29 is 14.3 Å². The van der Waals surface area contributed by atoms with Crippen LogP contribution in [0.15, 0.2) is 41.3 Å². The van der Waals surface area contributed by atoms with Crippen LogP contribution in [0.25, 0.3) is 0 Å². The molecule has 1 aliphatic carbocycles. The highest BCUT2D eigenvalue weighted by molar-refractivity contribution is 7.98. The van der Waals surface area contributed by atoms with Crippen molar-refractivity contribution in [2.75, 3.05) is 0 Å². The Balaban J connectivity index is 1.75. The summed E-state index contributed by atoms with van der Waals surface area (Å²) in [5, 5.41) is 8.96. The Morgan fingerprint density at radius 1 is 1.14 bits per heavy atom. The summed E-state index contributed by atoms with van der Waals surface area (Å²) >= 11 is 1.34. The Morgan fingerprint density at radius 3 is 2.76 bits per heavy atom. The van der Waals surface area contributed by atoms with Crippen LogP contribution in [0.4, 0.5) is 4.39 Å². The number of carboxylic acid groups (broad SMARTS) is 1. The molecule has 0 fully saturated rings. The number of rotatable bonds is 4. The van der Waals surface area contributed by atoms with Crippen molar-refractivity contribution in [3.05, 3.63) is 64.5 Å². The number of carbonyl (C=O) groups is 1. The summed E-state index contributed by atoms with van der Waals surface area (Å²) in [6.07, 6.45) is 3.48. The van der Waals surface area contributed by atoms with E-state index in [0.717, 1.165) is 18.4 Å². The summed E-state index contributed by atoms with van der Waals surface area (Å²) in [7, 11) is 0. The molecule has 2 nitrogen and oxygen atoms in total. The Hall–Kier alpha value is -1.81. The molecular weight excluding hydrogens is 287 g/mol. The van der Waals surface area contributed by atoms with Crippen molar-refractivity contribution >= 4 is 17.7 Å². The number of hydrogen-bond donors (Lipinski definition) is 1. The third-order valence-electron chi connectivity index (χ3n) is 3.74. The third-order valence-corrected chi connectivity index (χ3v) is 4.84. The smallest absolute Gasteiger partial charge is 0.335 e. The molecule has 2 aromatic rings. The summed E-state index contributed by atoms with van der Waals surface area (Å²) in [6.45, 7) is 0. The van der Waals surface area contributed by atoms with Gasteiger partial charge in [0.2, 0.25) is 0 Å². The van der Waals surface area contributed by atoms with Crippen LogP contribution in [0.1, 0.15) is 33.5 Å². The van der Waals surface area contributed by atoms with Crippen molar-refractivity contribution in [2.24, 2.45) is 0 Å². The lowest BCUT2D eigenvalue weighted by atomic mass is 10.1. The molecule has 4 heteroatoms. The second kappa shape index (κ2) is 5.90. The topological polar surface area (TPSA) is 37.3 Å². The number of aromatic carboxylic acids is 1. The van der Waals surface area contributed by atoms with Gasteiger partial charge in [-0.1, -0.05) is 18.2 Å². The third kappa shape index (κ3) is 3.10. The highest BCUT2D eigenvalue weighted by atomic mass is 32.2. The van der Waals surface area contributed by atoms with Gasteiger partial charge in [-0.3, -0.25) is 0 Å². The molecule has 0 aliphatic heterocycles. The van der Waals surface area contributed by atoms with Crippen LogP contribution < -0.4 is 0 Å². The van der Waals surface area contributed by atoms with Gasteiger partial charge in [0, 0.05) is 10.6 Å². The largest absolute Gasteiger partial charge is 0.478 e. The quantitative estimate of drug-likeness (QED) is 0.855. The number of carboxylic acids is 1. The molecule has 2 aromatic carbocycles. The average molecular weight is 302 g/mol. The van der Waals surface area contributed by atoms with Crippen molar-refractivity contribution in [3.8, 4) is 0 Å². The second-order valence-electron chi connectivity index (χ2n) is 5.20. The molecule has 0 aromatic heterocycles. The highest BCUT2D eigenvalue weighted by Gasteiger charge is 2.12. The SMILES string of the molecule is O=C(O)c1ccc(F)c(SCc2ccc3c(c2)CCC3)c1. The zero-order valence-corrected chi connectivity index (χ0v) is 12.3. The van der Waals surface area contributed by atoms with E-state index in [1.54, 1.807) is 0 Å². The van der Waals surface area contributed by atoms with E-state index < -0.39 is 5.97 Å². The molecule has 0 saturated carbocycles.